The molecule has 0 radical (unpaired) electrons. The Hall–Kier alpha value is -1.69. The Morgan fingerprint density at radius 2 is 1.78 bits per heavy atom. The van der Waals surface area contributed by atoms with Crippen molar-refractivity contribution in [3.05, 3.63) is 35.9 Å². The normalized spacial score (nSPS) is 26.7. The summed E-state index contributed by atoms with van der Waals surface area (Å²) in [4.78, 5) is 12.0. The van der Waals surface area contributed by atoms with Crippen LogP contribution in [0.25, 0.3) is 0 Å². The summed E-state index contributed by atoms with van der Waals surface area (Å²) in [6.07, 6.45) is 4.24. The van der Waals surface area contributed by atoms with Crippen molar-refractivity contribution in [2.75, 3.05) is 11.5 Å². The van der Waals surface area contributed by atoms with E-state index in [0.29, 0.717) is 12.3 Å². The summed E-state index contributed by atoms with van der Waals surface area (Å²) in [5.41, 5.74) is 4.94. The molecular formula is C17H22N2O3S. The van der Waals surface area contributed by atoms with Crippen molar-refractivity contribution in [2.45, 2.75) is 38.0 Å². The quantitative estimate of drug-likeness (QED) is 0.862. The van der Waals surface area contributed by atoms with Crippen LogP contribution < -0.4 is 5.43 Å². The first kappa shape index (κ1) is 16.2. The molecule has 2 fully saturated rings. The zero-order chi connectivity index (χ0) is 16.3. The minimum Gasteiger partial charge on any atom is -0.273 e. The van der Waals surface area contributed by atoms with Crippen molar-refractivity contribution in [2.24, 2.45) is 11.0 Å². The largest absolute Gasteiger partial charge is 0.273 e. The SMILES string of the molecule is O=C(NN=C1CCC(c2ccccc2)CC1)[C@H]1CCS(=O)(=O)C1. The predicted molar refractivity (Wildman–Crippen MR) is 90.0 cm³/mol. The van der Waals surface area contributed by atoms with Crippen LogP contribution in [0.15, 0.2) is 35.4 Å². The minimum absolute atomic E-state index is 0.0419. The Balaban J connectivity index is 1.50. The van der Waals surface area contributed by atoms with E-state index in [1.165, 1.54) is 5.56 Å². The first-order valence-corrected chi connectivity index (χ1v) is 9.96. The lowest BCUT2D eigenvalue weighted by atomic mass is 9.83. The fourth-order valence-electron chi connectivity index (χ4n) is 3.35. The second-order valence-electron chi connectivity index (χ2n) is 6.44. The summed E-state index contributed by atoms with van der Waals surface area (Å²) in [5.74, 6) is -0.0696. The number of amides is 1. The van der Waals surface area contributed by atoms with E-state index in [4.69, 9.17) is 0 Å². The molecule has 1 amide bonds. The second-order valence-corrected chi connectivity index (χ2v) is 8.67. The van der Waals surface area contributed by atoms with E-state index in [1.54, 1.807) is 0 Å². The zero-order valence-corrected chi connectivity index (χ0v) is 13.9. The Labute approximate surface area is 137 Å². The maximum Gasteiger partial charge on any atom is 0.244 e. The van der Waals surface area contributed by atoms with Gasteiger partial charge in [-0.25, -0.2) is 13.8 Å². The van der Waals surface area contributed by atoms with Gasteiger partial charge in [-0.3, -0.25) is 4.79 Å². The van der Waals surface area contributed by atoms with Crippen LogP contribution in [-0.2, 0) is 14.6 Å². The molecule has 1 aliphatic heterocycles. The van der Waals surface area contributed by atoms with Gasteiger partial charge in [0, 0.05) is 5.71 Å². The highest BCUT2D eigenvalue weighted by atomic mass is 32.2. The van der Waals surface area contributed by atoms with E-state index >= 15 is 0 Å². The Morgan fingerprint density at radius 3 is 2.39 bits per heavy atom. The molecule has 1 atom stereocenters. The van der Waals surface area contributed by atoms with Gasteiger partial charge in [-0.15, -0.1) is 0 Å². The fourth-order valence-corrected chi connectivity index (χ4v) is 5.09. The number of rotatable bonds is 3. The Morgan fingerprint density at radius 1 is 1.09 bits per heavy atom. The average molecular weight is 334 g/mol. The van der Waals surface area contributed by atoms with Gasteiger partial charge in [0.15, 0.2) is 9.84 Å². The molecule has 2 aliphatic rings. The van der Waals surface area contributed by atoms with E-state index in [9.17, 15) is 13.2 Å². The van der Waals surface area contributed by atoms with Crippen LogP contribution in [0.2, 0.25) is 0 Å². The third-order valence-corrected chi connectivity index (χ3v) is 6.53. The van der Waals surface area contributed by atoms with Crippen molar-refractivity contribution in [3.8, 4) is 0 Å². The van der Waals surface area contributed by atoms with E-state index in [1.807, 2.05) is 6.07 Å². The molecule has 0 aromatic heterocycles. The number of benzene rings is 1. The summed E-state index contributed by atoms with van der Waals surface area (Å²) < 4.78 is 22.8. The summed E-state index contributed by atoms with van der Waals surface area (Å²) in [6.45, 7) is 0. The molecule has 1 saturated carbocycles. The van der Waals surface area contributed by atoms with Crippen LogP contribution in [0.4, 0.5) is 0 Å². The third-order valence-electron chi connectivity index (χ3n) is 4.76. The molecule has 5 nitrogen and oxygen atoms in total. The maximum absolute atomic E-state index is 12.0. The van der Waals surface area contributed by atoms with E-state index in [0.717, 1.165) is 31.4 Å². The first-order valence-electron chi connectivity index (χ1n) is 8.14. The van der Waals surface area contributed by atoms with Crippen LogP contribution in [0.5, 0.6) is 0 Å². The molecule has 3 rings (SSSR count). The molecule has 1 N–H and O–H groups in total. The third kappa shape index (κ3) is 4.19. The van der Waals surface area contributed by atoms with Gasteiger partial charge < -0.3 is 0 Å². The van der Waals surface area contributed by atoms with Gasteiger partial charge in [0.05, 0.1) is 17.4 Å². The van der Waals surface area contributed by atoms with Gasteiger partial charge in [-0.05, 0) is 43.6 Å². The highest BCUT2D eigenvalue weighted by Crippen LogP contribution is 2.31. The molecule has 23 heavy (non-hydrogen) atoms. The van der Waals surface area contributed by atoms with Crippen molar-refractivity contribution in [1.29, 1.82) is 0 Å². The molecule has 1 saturated heterocycles. The van der Waals surface area contributed by atoms with Gasteiger partial charge in [0.2, 0.25) is 5.91 Å². The number of nitrogens with zero attached hydrogens (tertiary/aromatic N) is 1. The van der Waals surface area contributed by atoms with E-state index in [2.05, 4.69) is 34.8 Å². The van der Waals surface area contributed by atoms with Crippen molar-refractivity contribution < 1.29 is 13.2 Å². The highest BCUT2D eigenvalue weighted by molar-refractivity contribution is 7.91. The summed E-state index contributed by atoms with van der Waals surface area (Å²) in [6, 6.07) is 10.5. The van der Waals surface area contributed by atoms with Crippen LogP contribution in [0, 0.1) is 5.92 Å². The van der Waals surface area contributed by atoms with Crippen molar-refractivity contribution in [1.82, 2.24) is 5.43 Å². The summed E-state index contributed by atoms with van der Waals surface area (Å²) >= 11 is 0. The molecule has 0 bridgehead atoms. The van der Waals surface area contributed by atoms with Crippen LogP contribution >= 0.6 is 0 Å². The number of nitrogens with one attached hydrogen (secondary N) is 1. The molecule has 1 aliphatic carbocycles. The van der Waals surface area contributed by atoms with Gasteiger partial charge in [0.1, 0.15) is 0 Å². The molecule has 6 heteroatoms. The number of sulfone groups is 1. The molecule has 124 valence electrons. The topological polar surface area (TPSA) is 75.6 Å². The smallest absolute Gasteiger partial charge is 0.244 e. The average Bonchev–Trinajstić information content (AvgIpc) is 2.94. The molecule has 0 spiro atoms. The summed E-state index contributed by atoms with van der Waals surface area (Å²) in [7, 11) is -3.03. The molecule has 1 aromatic rings. The van der Waals surface area contributed by atoms with Gasteiger partial charge in [-0.2, -0.15) is 5.10 Å². The fraction of sp³-hybridized carbons (Fsp3) is 0.529. The van der Waals surface area contributed by atoms with Crippen LogP contribution in [-0.4, -0.2) is 31.5 Å². The molecule has 0 unspecified atom stereocenters. The lowest BCUT2D eigenvalue weighted by Crippen LogP contribution is -2.29. The lowest BCUT2D eigenvalue weighted by Gasteiger charge is -2.23. The predicted octanol–water partition coefficient (Wildman–Crippen LogP) is 2.25. The van der Waals surface area contributed by atoms with Crippen molar-refractivity contribution >= 4 is 21.5 Å². The Bertz CT molecular complexity index is 688. The Kier molecular flexibility index (Phi) is 4.80. The molecule has 1 heterocycles. The van der Waals surface area contributed by atoms with Crippen LogP contribution in [0.1, 0.15) is 43.6 Å². The number of carbonyl (C=O) groups excluding carboxylic acids is 1. The number of hydrazone groups is 1. The minimum atomic E-state index is -3.03. The number of carbonyl (C=O) groups is 1. The molecular weight excluding hydrogens is 312 g/mol. The van der Waals surface area contributed by atoms with Gasteiger partial charge in [-0.1, -0.05) is 30.3 Å². The zero-order valence-electron chi connectivity index (χ0n) is 13.1. The van der Waals surface area contributed by atoms with Gasteiger partial charge >= 0.3 is 0 Å². The van der Waals surface area contributed by atoms with Crippen LogP contribution in [0.3, 0.4) is 0 Å². The molecule has 1 aromatic carbocycles. The highest BCUT2D eigenvalue weighted by Gasteiger charge is 2.33. The van der Waals surface area contributed by atoms with Gasteiger partial charge in [0.25, 0.3) is 0 Å². The summed E-state index contributed by atoms with van der Waals surface area (Å²) in [5, 5.41) is 4.23. The second kappa shape index (κ2) is 6.83. The van der Waals surface area contributed by atoms with E-state index in [-0.39, 0.29) is 17.4 Å². The van der Waals surface area contributed by atoms with Crippen molar-refractivity contribution in [3.63, 3.8) is 0 Å². The standard InChI is InChI=1S/C17H22N2O3S/c20-17(15-10-11-23(21,22)12-15)19-18-16-8-6-14(7-9-16)13-4-2-1-3-5-13/h1-5,14-15H,6-12H2,(H,19,20)/t14?,15-/m0/s1. The number of hydrogen-bond donors (Lipinski definition) is 1. The van der Waals surface area contributed by atoms with E-state index < -0.39 is 15.8 Å². The monoisotopic (exact) mass is 334 g/mol. The first-order chi connectivity index (χ1) is 11.0. The number of hydrogen-bond acceptors (Lipinski definition) is 4. The lowest BCUT2D eigenvalue weighted by molar-refractivity contribution is -0.124. The maximum atomic E-state index is 12.0.